The van der Waals surface area contributed by atoms with Crippen LogP contribution >= 0.6 is 12.2 Å². The molecule has 7 heteroatoms. The summed E-state index contributed by atoms with van der Waals surface area (Å²) in [4.78, 5) is 10.3. The minimum Gasteiger partial charge on any atom is -0.494 e. The van der Waals surface area contributed by atoms with E-state index in [4.69, 9.17) is 17.0 Å². The van der Waals surface area contributed by atoms with E-state index < -0.39 is 4.92 Å². The molecule has 0 aromatic heterocycles. The number of hydrogen-bond acceptors (Lipinski definition) is 4. The second kappa shape index (κ2) is 7.06. The van der Waals surface area contributed by atoms with Gasteiger partial charge >= 0.3 is 0 Å². The lowest BCUT2D eigenvalue weighted by atomic mass is 10.1. The molecule has 0 spiro atoms. The van der Waals surface area contributed by atoms with E-state index in [1.54, 1.807) is 6.07 Å². The van der Waals surface area contributed by atoms with Gasteiger partial charge in [0.15, 0.2) is 5.11 Å². The monoisotopic (exact) mass is 331 g/mol. The fourth-order valence-corrected chi connectivity index (χ4v) is 2.35. The molecule has 2 aromatic carbocycles. The van der Waals surface area contributed by atoms with Gasteiger partial charge in [-0.3, -0.25) is 10.1 Å². The van der Waals surface area contributed by atoms with Crippen LogP contribution in [0.3, 0.4) is 0 Å². The van der Waals surface area contributed by atoms with Gasteiger partial charge in [-0.25, -0.2) is 0 Å². The van der Waals surface area contributed by atoms with E-state index >= 15 is 0 Å². The zero-order chi connectivity index (χ0) is 17.0. The van der Waals surface area contributed by atoms with Gasteiger partial charge in [0.25, 0.3) is 5.69 Å². The first-order valence-electron chi connectivity index (χ1n) is 6.88. The predicted molar refractivity (Wildman–Crippen MR) is 95.4 cm³/mol. The van der Waals surface area contributed by atoms with Gasteiger partial charge in [0.05, 0.1) is 23.8 Å². The fraction of sp³-hybridized carbons (Fsp3) is 0.188. The first-order chi connectivity index (χ1) is 10.9. The summed E-state index contributed by atoms with van der Waals surface area (Å²) in [6.45, 7) is 4.01. The summed E-state index contributed by atoms with van der Waals surface area (Å²) in [5.74, 6) is 0.351. The minimum atomic E-state index is -0.474. The van der Waals surface area contributed by atoms with Crippen molar-refractivity contribution < 1.29 is 9.66 Å². The highest BCUT2D eigenvalue weighted by atomic mass is 32.1. The molecular formula is C16H17N3O3S. The minimum absolute atomic E-state index is 0.0411. The molecule has 120 valence electrons. The molecule has 0 aliphatic carbocycles. The van der Waals surface area contributed by atoms with Gasteiger partial charge in [-0.15, -0.1) is 0 Å². The Morgan fingerprint density at radius 1 is 1.13 bits per heavy atom. The molecule has 2 N–H and O–H groups in total. The number of non-ortho nitro benzene ring substituents is 1. The van der Waals surface area contributed by atoms with Crippen molar-refractivity contribution in [2.24, 2.45) is 0 Å². The molecule has 0 atom stereocenters. The third kappa shape index (κ3) is 4.17. The van der Waals surface area contributed by atoms with Crippen molar-refractivity contribution in [1.29, 1.82) is 0 Å². The van der Waals surface area contributed by atoms with Gasteiger partial charge < -0.3 is 15.4 Å². The Kier molecular flexibility index (Phi) is 5.13. The number of rotatable bonds is 4. The van der Waals surface area contributed by atoms with Crippen LogP contribution in [0.4, 0.5) is 17.1 Å². The number of thiocarbonyl (C=S) groups is 1. The van der Waals surface area contributed by atoms with Crippen molar-refractivity contribution in [3.63, 3.8) is 0 Å². The van der Waals surface area contributed by atoms with Crippen LogP contribution in [-0.4, -0.2) is 17.1 Å². The maximum atomic E-state index is 10.8. The maximum Gasteiger partial charge on any atom is 0.273 e. The first kappa shape index (κ1) is 16.7. The third-order valence-corrected chi connectivity index (χ3v) is 3.48. The van der Waals surface area contributed by atoms with Crippen molar-refractivity contribution in [3.05, 3.63) is 57.6 Å². The third-order valence-electron chi connectivity index (χ3n) is 3.27. The molecular weight excluding hydrogens is 314 g/mol. The Hall–Kier alpha value is -2.67. The number of nitro groups is 1. The van der Waals surface area contributed by atoms with Gasteiger partial charge in [-0.05, 0) is 43.8 Å². The Balaban J connectivity index is 2.15. The molecule has 2 rings (SSSR count). The average molecular weight is 331 g/mol. The zero-order valence-electron chi connectivity index (χ0n) is 13.0. The number of anilines is 2. The summed E-state index contributed by atoms with van der Waals surface area (Å²) in [5.41, 5.74) is 3.66. The fourth-order valence-electron chi connectivity index (χ4n) is 2.13. The van der Waals surface area contributed by atoms with E-state index in [0.29, 0.717) is 16.5 Å². The Labute approximate surface area is 139 Å². The predicted octanol–water partition coefficient (Wildman–Crippen LogP) is 4.03. The highest BCUT2D eigenvalue weighted by molar-refractivity contribution is 7.80. The Bertz CT molecular complexity index is 762. The number of ether oxygens (including phenoxy) is 1. The number of nitrogens with one attached hydrogen (secondary N) is 2. The molecule has 0 bridgehead atoms. The van der Waals surface area contributed by atoms with Crippen LogP contribution in [0.2, 0.25) is 0 Å². The molecule has 0 radical (unpaired) electrons. The summed E-state index contributed by atoms with van der Waals surface area (Å²) >= 11 is 5.29. The summed E-state index contributed by atoms with van der Waals surface area (Å²) in [5, 5.41) is 17.3. The average Bonchev–Trinajstić information content (AvgIpc) is 2.50. The molecule has 0 fully saturated rings. The van der Waals surface area contributed by atoms with Crippen LogP contribution in [0.15, 0.2) is 36.4 Å². The molecule has 6 nitrogen and oxygen atoms in total. The SMILES string of the molecule is COc1cc([N+](=O)[O-])ccc1NC(=S)Nc1ccc(C)cc1C. The van der Waals surface area contributed by atoms with E-state index in [9.17, 15) is 10.1 Å². The van der Waals surface area contributed by atoms with Gasteiger partial charge in [-0.1, -0.05) is 17.7 Å². The van der Waals surface area contributed by atoms with Crippen LogP contribution in [0.5, 0.6) is 5.75 Å². The maximum absolute atomic E-state index is 10.8. The van der Waals surface area contributed by atoms with E-state index in [-0.39, 0.29) is 5.69 Å². The summed E-state index contributed by atoms with van der Waals surface area (Å²) in [7, 11) is 1.45. The summed E-state index contributed by atoms with van der Waals surface area (Å²) < 4.78 is 5.17. The number of benzene rings is 2. The molecule has 2 aromatic rings. The smallest absolute Gasteiger partial charge is 0.273 e. The second-order valence-electron chi connectivity index (χ2n) is 5.04. The molecule has 23 heavy (non-hydrogen) atoms. The number of nitro benzene ring substituents is 1. The quantitative estimate of drug-likeness (QED) is 0.500. The van der Waals surface area contributed by atoms with E-state index in [2.05, 4.69) is 16.7 Å². The van der Waals surface area contributed by atoms with E-state index in [1.165, 1.54) is 24.8 Å². The molecule has 0 aliphatic rings. The number of nitrogens with zero attached hydrogens (tertiary/aromatic N) is 1. The van der Waals surface area contributed by atoms with Gasteiger partial charge in [0, 0.05) is 11.8 Å². The summed E-state index contributed by atoms with van der Waals surface area (Å²) in [6.07, 6.45) is 0. The van der Waals surface area contributed by atoms with E-state index in [0.717, 1.165) is 11.3 Å². The summed E-state index contributed by atoms with van der Waals surface area (Å²) in [6, 6.07) is 10.3. The largest absolute Gasteiger partial charge is 0.494 e. The highest BCUT2D eigenvalue weighted by Crippen LogP contribution is 2.29. The molecule has 0 aliphatic heterocycles. The molecule has 0 heterocycles. The molecule has 0 unspecified atom stereocenters. The second-order valence-corrected chi connectivity index (χ2v) is 5.45. The standard InChI is InChI=1S/C16H17N3O3S/c1-10-4-6-13(11(2)8-10)17-16(23)18-14-7-5-12(19(20)21)9-15(14)22-3/h4-9H,1-3H3,(H2,17,18,23). The zero-order valence-corrected chi connectivity index (χ0v) is 13.9. The van der Waals surface area contributed by atoms with Crippen LogP contribution in [0, 0.1) is 24.0 Å². The Morgan fingerprint density at radius 3 is 2.39 bits per heavy atom. The van der Waals surface area contributed by atoms with Crippen LogP contribution in [0.1, 0.15) is 11.1 Å². The van der Waals surface area contributed by atoms with Crippen molar-refractivity contribution in [2.45, 2.75) is 13.8 Å². The van der Waals surface area contributed by atoms with Gasteiger partial charge in [0.1, 0.15) is 5.75 Å². The normalized spacial score (nSPS) is 10.0. The van der Waals surface area contributed by atoms with Crippen molar-refractivity contribution in [1.82, 2.24) is 0 Å². The highest BCUT2D eigenvalue weighted by Gasteiger charge is 2.12. The van der Waals surface area contributed by atoms with Crippen LogP contribution in [-0.2, 0) is 0 Å². The van der Waals surface area contributed by atoms with Crippen LogP contribution < -0.4 is 15.4 Å². The van der Waals surface area contributed by atoms with Gasteiger partial charge in [-0.2, -0.15) is 0 Å². The van der Waals surface area contributed by atoms with Gasteiger partial charge in [0.2, 0.25) is 0 Å². The lowest BCUT2D eigenvalue weighted by Crippen LogP contribution is -2.20. The van der Waals surface area contributed by atoms with Crippen molar-refractivity contribution in [2.75, 3.05) is 17.7 Å². The Morgan fingerprint density at radius 2 is 1.78 bits per heavy atom. The molecule has 0 amide bonds. The van der Waals surface area contributed by atoms with E-state index in [1.807, 2.05) is 26.0 Å². The number of methoxy groups -OCH3 is 1. The molecule has 0 saturated heterocycles. The first-order valence-corrected chi connectivity index (χ1v) is 7.29. The lowest BCUT2D eigenvalue weighted by molar-refractivity contribution is -0.384. The van der Waals surface area contributed by atoms with Crippen molar-refractivity contribution in [3.8, 4) is 5.75 Å². The van der Waals surface area contributed by atoms with Crippen molar-refractivity contribution >= 4 is 34.4 Å². The topological polar surface area (TPSA) is 76.4 Å². The number of hydrogen-bond donors (Lipinski definition) is 2. The number of aryl methyl sites for hydroxylation is 2. The molecule has 0 saturated carbocycles. The van der Waals surface area contributed by atoms with Crippen LogP contribution in [0.25, 0.3) is 0 Å². The lowest BCUT2D eigenvalue weighted by Gasteiger charge is -2.15.